The van der Waals surface area contributed by atoms with Crippen molar-refractivity contribution in [3.05, 3.63) is 24.0 Å². The third-order valence-electron chi connectivity index (χ3n) is 4.67. The van der Waals surface area contributed by atoms with Gasteiger partial charge in [-0.05, 0) is 43.7 Å². The fourth-order valence-corrected chi connectivity index (χ4v) is 3.92. The summed E-state index contributed by atoms with van der Waals surface area (Å²) >= 11 is 0. The molecular weight excluding hydrogens is 329 g/mol. The molecule has 0 saturated carbocycles. The molecule has 0 spiro atoms. The maximum Gasteiger partial charge on any atom is 0.325 e. The number of aryl methyl sites for hydroxylation is 1. The molecule has 7 nitrogen and oxygen atoms in total. The molecule has 1 fully saturated rings. The number of phenolic OH excluding ortho intramolecular Hbond substituents is 1. The Bertz CT molecular complexity index is 784. The van der Waals surface area contributed by atoms with Crippen LogP contribution in [0.5, 0.6) is 5.75 Å². The largest absolute Gasteiger partial charge is 0.508 e. The number of rotatable bonds is 4. The number of aromatic nitrogens is 2. The van der Waals surface area contributed by atoms with Crippen LogP contribution >= 0.6 is 7.60 Å². The van der Waals surface area contributed by atoms with Crippen molar-refractivity contribution in [2.45, 2.75) is 26.2 Å². The van der Waals surface area contributed by atoms with Gasteiger partial charge < -0.3 is 19.8 Å². The van der Waals surface area contributed by atoms with E-state index in [1.807, 2.05) is 13.0 Å². The number of nitrogens with zero attached hydrogens (tertiary/aromatic N) is 3. The van der Waals surface area contributed by atoms with Gasteiger partial charge in [0, 0.05) is 24.5 Å². The van der Waals surface area contributed by atoms with Crippen molar-refractivity contribution in [3.8, 4) is 5.75 Å². The Morgan fingerprint density at radius 1 is 1.25 bits per heavy atom. The number of phenols is 1. The molecule has 1 aromatic carbocycles. The van der Waals surface area contributed by atoms with Crippen LogP contribution in [0.1, 0.15) is 24.8 Å². The molecule has 1 aliphatic heterocycles. The maximum absolute atomic E-state index is 11.0. The predicted octanol–water partition coefficient (Wildman–Crippen LogP) is 2.43. The number of hydrogen-bond donors (Lipinski definition) is 3. The van der Waals surface area contributed by atoms with E-state index in [1.54, 1.807) is 6.07 Å². The highest BCUT2D eigenvalue weighted by Gasteiger charge is 2.24. The predicted molar refractivity (Wildman–Crippen MR) is 92.4 cm³/mol. The molecular formula is C16H22N3O4P. The van der Waals surface area contributed by atoms with Gasteiger partial charge in [-0.15, -0.1) is 0 Å². The summed E-state index contributed by atoms with van der Waals surface area (Å²) in [7, 11) is -3.91. The summed E-state index contributed by atoms with van der Waals surface area (Å²) in [5.41, 5.74) is 1.50. The third kappa shape index (κ3) is 3.86. The monoisotopic (exact) mass is 351 g/mol. The highest BCUT2D eigenvalue weighted by Crippen LogP contribution is 2.38. The minimum atomic E-state index is -3.91. The molecule has 1 aromatic heterocycles. The molecule has 0 unspecified atom stereocenters. The average molecular weight is 351 g/mol. The molecule has 2 heterocycles. The molecule has 0 aliphatic carbocycles. The van der Waals surface area contributed by atoms with Gasteiger partial charge in [-0.25, -0.2) is 9.97 Å². The van der Waals surface area contributed by atoms with Crippen molar-refractivity contribution in [1.82, 2.24) is 9.97 Å². The number of fused-ring (bicyclic) bond motifs is 1. The van der Waals surface area contributed by atoms with Crippen LogP contribution in [0.3, 0.4) is 0 Å². The van der Waals surface area contributed by atoms with Gasteiger partial charge in [-0.3, -0.25) is 4.57 Å². The van der Waals surface area contributed by atoms with E-state index in [2.05, 4.69) is 14.9 Å². The molecule has 0 amide bonds. The molecule has 1 saturated heterocycles. The number of aromatic hydroxyl groups is 1. The molecule has 0 radical (unpaired) electrons. The molecule has 0 bridgehead atoms. The van der Waals surface area contributed by atoms with Gasteiger partial charge in [-0.2, -0.15) is 0 Å². The SMILES string of the molecule is Cc1cc2c(N3CCC(CCP(=O)(O)O)CC3)ncnc2cc1O. The zero-order valence-corrected chi connectivity index (χ0v) is 14.5. The van der Waals surface area contributed by atoms with Gasteiger partial charge in [0.2, 0.25) is 0 Å². The van der Waals surface area contributed by atoms with Gasteiger partial charge in [0.15, 0.2) is 0 Å². The summed E-state index contributed by atoms with van der Waals surface area (Å²) in [6, 6.07) is 3.56. The highest BCUT2D eigenvalue weighted by molar-refractivity contribution is 7.51. The highest BCUT2D eigenvalue weighted by atomic mass is 31.2. The Hall–Kier alpha value is -1.69. The van der Waals surface area contributed by atoms with Crippen LogP contribution in [0.4, 0.5) is 5.82 Å². The number of anilines is 1. The molecule has 3 N–H and O–H groups in total. The van der Waals surface area contributed by atoms with E-state index in [9.17, 15) is 9.67 Å². The topological polar surface area (TPSA) is 107 Å². The van der Waals surface area contributed by atoms with Crippen LogP contribution in [-0.2, 0) is 4.57 Å². The quantitative estimate of drug-likeness (QED) is 0.726. The van der Waals surface area contributed by atoms with Gasteiger partial charge in [-0.1, -0.05) is 0 Å². The summed E-state index contributed by atoms with van der Waals surface area (Å²) in [4.78, 5) is 28.9. The van der Waals surface area contributed by atoms with Crippen molar-refractivity contribution < 1.29 is 19.5 Å². The zero-order chi connectivity index (χ0) is 17.3. The van der Waals surface area contributed by atoms with Crippen molar-refractivity contribution in [2.75, 3.05) is 24.2 Å². The van der Waals surface area contributed by atoms with Crippen molar-refractivity contribution >= 4 is 24.3 Å². The summed E-state index contributed by atoms with van der Waals surface area (Å²) in [5, 5.41) is 10.8. The van der Waals surface area contributed by atoms with Crippen LogP contribution in [0.25, 0.3) is 10.9 Å². The summed E-state index contributed by atoms with van der Waals surface area (Å²) in [6.07, 6.45) is 3.82. The van der Waals surface area contributed by atoms with E-state index in [4.69, 9.17) is 9.79 Å². The fraction of sp³-hybridized carbons (Fsp3) is 0.500. The molecule has 8 heteroatoms. The van der Waals surface area contributed by atoms with Crippen LogP contribution in [0.15, 0.2) is 18.5 Å². The lowest BCUT2D eigenvalue weighted by Gasteiger charge is -2.33. The van der Waals surface area contributed by atoms with Crippen molar-refractivity contribution in [1.29, 1.82) is 0 Å². The second kappa shape index (κ2) is 6.67. The van der Waals surface area contributed by atoms with E-state index in [0.717, 1.165) is 42.7 Å². The first kappa shape index (κ1) is 17.1. The van der Waals surface area contributed by atoms with Crippen molar-refractivity contribution in [3.63, 3.8) is 0 Å². The minimum absolute atomic E-state index is 0.0351. The standard InChI is InChI=1S/C16H22N3O4P/c1-11-8-13-14(9-15(11)20)17-10-18-16(13)19-5-2-12(3-6-19)4-7-24(21,22)23/h8-10,12,20H,2-7H2,1H3,(H2,21,22,23). The van der Waals surface area contributed by atoms with Gasteiger partial charge in [0.05, 0.1) is 11.7 Å². The van der Waals surface area contributed by atoms with Crippen LogP contribution < -0.4 is 4.90 Å². The lowest BCUT2D eigenvalue weighted by Crippen LogP contribution is -2.34. The van der Waals surface area contributed by atoms with Crippen LogP contribution in [-0.4, -0.2) is 44.1 Å². The molecule has 2 aromatic rings. The Kier molecular flexibility index (Phi) is 4.76. The first-order valence-electron chi connectivity index (χ1n) is 8.07. The molecule has 0 atom stereocenters. The number of hydrogen-bond acceptors (Lipinski definition) is 5. The average Bonchev–Trinajstić information content (AvgIpc) is 2.53. The second-order valence-corrected chi connectivity index (χ2v) is 8.24. The maximum atomic E-state index is 11.0. The number of piperidine rings is 1. The zero-order valence-electron chi connectivity index (χ0n) is 13.6. The van der Waals surface area contributed by atoms with E-state index >= 15 is 0 Å². The number of benzene rings is 1. The van der Waals surface area contributed by atoms with Gasteiger partial charge in [0.1, 0.15) is 17.9 Å². The van der Waals surface area contributed by atoms with E-state index < -0.39 is 7.60 Å². The van der Waals surface area contributed by atoms with E-state index in [1.165, 1.54) is 6.33 Å². The summed E-state index contributed by atoms with van der Waals surface area (Å²) in [5.74, 6) is 1.42. The molecule has 24 heavy (non-hydrogen) atoms. The van der Waals surface area contributed by atoms with Crippen molar-refractivity contribution in [2.24, 2.45) is 5.92 Å². The first-order chi connectivity index (χ1) is 11.3. The lowest BCUT2D eigenvalue weighted by molar-refractivity contribution is 0.350. The van der Waals surface area contributed by atoms with Gasteiger partial charge in [0.25, 0.3) is 0 Å². The summed E-state index contributed by atoms with van der Waals surface area (Å²) in [6.45, 7) is 3.45. The Balaban J connectivity index is 1.74. The first-order valence-corrected chi connectivity index (χ1v) is 9.87. The van der Waals surface area contributed by atoms with Crippen LogP contribution in [0, 0.1) is 12.8 Å². The second-order valence-electron chi connectivity index (χ2n) is 6.46. The lowest BCUT2D eigenvalue weighted by atomic mass is 9.94. The summed E-state index contributed by atoms with van der Waals surface area (Å²) < 4.78 is 11.0. The third-order valence-corrected chi connectivity index (χ3v) is 5.52. The Labute approximate surface area is 140 Å². The van der Waals surface area contributed by atoms with Crippen LogP contribution in [0.2, 0.25) is 0 Å². The molecule has 3 rings (SSSR count). The Morgan fingerprint density at radius 3 is 2.62 bits per heavy atom. The van der Waals surface area contributed by atoms with E-state index in [0.29, 0.717) is 17.9 Å². The molecule has 130 valence electrons. The Morgan fingerprint density at radius 2 is 1.96 bits per heavy atom. The normalized spacial score (nSPS) is 16.7. The minimum Gasteiger partial charge on any atom is -0.508 e. The van der Waals surface area contributed by atoms with Gasteiger partial charge >= 0.3 is 7.60 Å². The smallest absolute Gasteiger partial charge is 0.325 e. The fourth-order valence-electron chi connectivity index (χ4n) is 3.22. The molecule has 1 aliphatic rings. The van der Waals surface area contributed by atoms with E-state index in [-0.39, 0.29) is 11.9 Å².